The predicted octanol–water partition coefficient (Wildman–Crippen LogP) is 0.785. The molecule has 0 fully saturated rings. The maximum absolute atomic E-state index is 12.3. The molecule has 0 spiro atoms. The highest BCUT2D eigenvalue weighted by molar-refractivity contribution is 7.07. The monoisotopic (exact) mass is 342 g/mol. The Morgan fingerprint density at radius 3 is 2.88 bits per heavy atom. The number of carbonyl (C=O) groups excluding carboxylic acids is 2. The number of aromatic amines is 1. The standard InChI is InChI=1S/C16H14N4O3S/c1-20-6-7-24-16(20)19-13(21)9-18-15(23)11-8-17-12-5-3-2-4-10(12)14(11)22/h2-8H,9H2,1H3,(H,17,22)(H,18,23). The number of para-hydroxylation sites is 1. The first-order valence-corrected chi connectivity index (χ1v) is 8.00. The van der Waals surface area contributed by atoms with Crippen molar-refractivity contribution >= 4 is 34.1 Å². The molecule has 2 N–H and O–H groups in total. The van der Waals surface area contributed by atoms with Crippen molar-refractivity contribution in [2.75, 3.05) is 6.54 Å². The van der Waals surface area contributed by atoms with Crippen molar-refractivity contribution in [1.29, 1.82) is 0 Å². The molecule has 0 aliphatic heterocycles. The van der Waals surface area contributed by atoms with Crippen LogP contribution in [0.5, 0.6) is 0 Å². The summed E-state index contributed by atoms with van der Waals surface area (Å²) in [6.07, 6.45) is 3.13. The Labute approximate surface area is 140 Å². The van der Waals surface area contributed by atoms with Crippen molar-refractivity contribution in [3.8, 4) is 0 Å². The fourth-order valence-electron chi connectivity index (χ4n) is 2.17. The van der Waals surface area contributed by atoms with Gasteiger partial charge in [-0.3, -0.25) is 14.4 Å². The van der Waals surface area contributed by atoms with Gasteiger partial charge in [0.1, 0.15) is 5.56 Å². The first kappa shape index (κ1) is 15.9. The number of fused-ring (bicyclic) bond motifs is 1. The van der Waals surface area contributed by atoms with Crippen molar-refractivity contribution in [2.45, 2.75) is 0 Å². The summed E-state index contributed by atoms with van der Waals surface area (Å²) in [5, 5.41) is 4.66. The molecule has 0 saturated carbocycles. The first-order valence-electron chi connectivity index (χ1n) is 7.12. The van der Waals surface area contributed by atoms with Gasteiger partial charge in [-0.15, -0.1) is 11.3 Å². The van der Waals surface area contributed by atoms with E-state index in [2.05, 4.69) is 15.3 Å². The molecule has 7 nitrogen and oxygen atoms in total. The van der Waals surface area contributed by atoms with Crippen LogP contribution >= 0.6 is 11.3 Å². The summed E-state index contributed by atoms with van der Waals surface area (Å²) in [6.45, 7) is -0.275. The average molecular weight is 342 g/mol. The summed E-state index contributed by atoms with van der Waals surface area (Å²) in [5.74, 6) is -1.10. The van der Waals surface area contributed by atoms with Crippen LogP contribution in [-0.2, 0) is 11.8 Å². The number of nitrogens with one attached hydrogen (secondary N) is 2. The summed E-state index contributed by atoms with van der Waals surface area (Å²) in [5.41, 5.74) is 0.231. The number of hydrogen-bond acceptors (Lipinski definition) is 4. The second-order valence-electron chi connectivity index (χ2n) is 5.06. The number of rotatable bonds is 3. The van der Waals surface area contributed by atoms with Gasteiger partial charge in [0.25, 0.3) is 11.8 Å². The van der Waals surface area contributed by atoms with Gasteiger partial charge in [0, 0.05) is 35.7 Å². The fourth-order valence-corrected chi connectivity index (χ4v) is 2.92. The van der Waals surface area contributed by atoms with E-state index in [1.807, 2.05) is 0 Å². The molecular weight excluding hydrogens is 328 g/mol. The minimum absolute atomic E-state index is 0.0387. The van der Waals surface area contributed by atoms with Gasteiger partial charge in [0.05, 0.1) is 6.54 Å². The molecule has 3 aromatic rings. The molecule has 0 aliphatic carbocycles. The molecule has 2 heterocycles. The molecule has 1 aromatic carbocycles. The van der Waals surface area contributed by atoms with E-state index >= 15 is 0 Å². The fraction of sp³-hybridized carbons (Fsp3) is 0.125. The van der Waals surface area contributed by atoms with Crippen LogP contribution in [-0.4, -0.2) is 27.9 Å². The van der Waals surface area contributed by atoms with Gasteiger partial charge in [-0.25, -0.2) is 0 Å². The second-order valence-corrected chi connectivity index (χ2v) is 5.93. The van der Waals surface area contributed by atoms with Crippen LogP contribution in [0.2, 0.25) is 0 Å². The van der Waals surface area contributed by atoms with Crippen molar-refractivity contribution in [2.24, 2.45) is 12.0 Å². The number of hydrogen-bond donors (Lipinski definition) is 2. The minimum atomic E-state index is -0.610. The first-order chi connectivity index (χ1) is 11.6. The Morgan fingerprint density at radius 2 is 2.12 bits per heavy atom. The number of aryl methyl sites for hydroxylation is 1. The minimum Gasteiger partial charge on any atom is -0.360 e. The van der Waals surface area contributed by atoms with Crippen LogP contribution in [0.25, 0.3) is 10.9 Å². The number of H-pyrrole nitrogens is 1. The molecule has 8 heteroatoms. The lowest BCUT2D eigenvalue weighted by Gasteiger charge is -2.04. The highest BCUT2D eigenvalue weighted by atomic mass is 32.1. The van der Waals surface area contributed by atoms with Crippen molar-refractivity contribution in [3.05, 3.63) is 62.6 Å². The van der Waals surface area contributed by atoms with E-state index in [1.165, 1.54) is 17.5 Å². The number of carbonyl (C=O) groups is 2. The van der Waals surface area contributed by atoms with Gasteiger partial charge in [0.2, 0.25) is 5.43 Å². The third kappa shape index (κ3) is 3.18. The topological polar surface area (TPSA) is 96.3 Å². The van der Waals surface area contributed by atoms with Crippen molar-refractivity contribution in [1.82, 2.24) is 14.9 Å². The summed E-state index contributed by atoms with van der Waals surface area (Å²) in [7, 11) is 1.77. The van der Waals surface area contributed by atoms with Crippen LogP contribution in [0.3, 0.4) is 0 Å². The van der Waals surface area contributed by atoms with Crippen LogP contribution in [0, 0.1) is 0 Å². The lowest BCUT2D eigenvalue weighted by atomic mass is 10.1. The number of thiazole rings is 1. The van der Waals surface area contributed by atoms with Gasteiger partial charge in [0.15, 0.2) is 4.80 Å². The molecule has 24 heavy (non-hydrogen) atoms. The zero-order valence-electron chi connectivity index (χ0n) is 12.8. The zero-order valence-corrected chi connectivity index (χ0v) is 13.6. The van der Waals surface area contributed by atoms with Crippen molar-refractivity contribution < 1.29 is 9.59 Å². The Balaban J connectivity index is 1.76. The normalized spacial score (nSPS) is 11.6. The lowest BCUT2D eigenvalue weighted by molar-refractivity contribution is -0.117. The number of aromatic nitrogens is 2. The lowest BCUT2D eigenvalue weighted by Crippen LogP contribution is -2.33. The van der Waals surface area contributed by atoms with E-state index in [-0.39, 0.29) is 17.5 Å². The summed E-state index contributed by atoms with van der Waals surface area (Å²) in [4.78, 5) is 43.6. The van der Waals surface area contributed by atoms with Crippen LogP contribution < -0.4 is 15.5 Å². The quantitative estimate of drug-likeness (QED) is 0.736. The van der Waals surface area contributed by atoms with Crippen molar-refractivity contribution in [3.63, 3.8) is 0 Å². The molecule has 2 amide bonds. The third-order valence-electron chi connectivity index (χ3n) is 3.41. The van der Waals surface area contributed by atoms with E-state index < -0.39 is 11.8 Å². The highest BCUT2D eigenvalue weighted by Gasteiger charge is 2.13. The number of nitrogens with zero attached hydrogens (tertiary/aromatic N) is 2. The molecule has 0 unspecified atom stereocenters. The molecule has 0 radical (unpaired) electrons. The van der Waals surface area contributed by atoms with Gasteiger partial charge >= 0.3 is 0 Å². The molecule has 3 rings (SSSR count). The summed E-state index contributed by atoms with van der Waals surface area (Å²) < 4.78 is 1.71. The Bertz CT molecular complexity index is 1040. The Kier molecular flexibility index (Phi) is 4.39. The Morgan fingerprint density at radius 1 is 1.33 bits per heavy atom. The number of amides is 2. The van der Waals surface area contributed by atoms with Gasteiger partial charge in [-0.05, 0) is 12.1 Å². The van der Waals surface area contributed by atoms with Crippen LogP contribution in [0.4, 0.5) is 0 Å². The van der Waals surface area contributed by atoms with E-state index in [0.29, 0.717) is 15.7 Å². The molecule has 2 aromatic heterocycles. The largest absolute Gasteiger partial charge is 0.360 e. The van der Waals surface area contributed by atoms with Crippen LogP contribution in [0.1, 0.15) is 10.4 Å². The van der Waals surface area contributed by atoms with Gasteiger partial charge in [-0.1, -0.05) is 12.1 Å². The van der Waals surface area contributed by atoms with E-state index in [4.69, 9.17) is 0 Å². The molecule has 122 valence electrons. The third-order valence-corrected chi connectivity index (χ3v) is 4.26. The number of benzene rings is 1. The molecule has 0 aliphatic rings. The van der Waals surface area contributed by atoms with Gasteiger partial charge < -0.3 is 14.9 Å². The summed E-state index contributed by atoms with van der Waals surface area (Å²) in [6, 6.07) is 6.91. The number of pyridine rings is 1. The highest BCUT2D eigenvalue weighted by Crippen LogP contribution is 2.06. The molecule has 0 atom stereocenters. The second kappa shape index (κ2) is 6.63. The predicted molar refractivity (Wildman–Crippen MR) is 90.8 cm³/mol. The summed E-state index contributed by atoms with van der Waals surface area (Å²) >= 11 is 1.32. The van der Waals surface area contributed by atoms with E-state index in [0.717, 1.165) is 0 Å². The maximum atomic E-state index is 12.3. The maximum Gasteiger partial charge on any atom is 0.267 e. The van der Waals surface area contributed by atoms with E-state index in [1.54, 1.807) is 47.5 Å². The van der Waals surface area contributed by atoms with E-state index in [9.17, 15) is 14.4 Å². The average Bonchev–Trinajstić information content (AvgIpc) is 2.98. The molecule has 0 saturated heterocycles. The molecular formula is C16H14N4O3S. The van der Waals surface area contributed by atoms with Gasteiger partial charge in [-0.2, -0.15) is 4.99 Å². The molecule has 0 bridgehead atoms. The SMILES string of the molecule is Cn1ccsc1=NC(=O)CNC(=O)c1c[nH]c2ccccc2c1=O. The van der Waals surface area contributed by atoms with Crippen LogP contribution in [0.15, 0.2) is 51.8 Å². The Hall–Kier alpha value is -3.00. The zero-order chi connectivity index (χ0) is 17.1. The smallest absolute Gasteiger partial charge is 0.267 e.